The van der Waals surface area contributed by atoms with Crippen LogP contribution in [0.15, 0.2) is 0 Å². The first-order valence-corrected chi connectivity index (χ1v) is 22.5. The highest BCUT2D eigenvalue weighted by molar-refractivity contribution is 14.1. The Labute approximate surface area is 306 Å². The summed E-state index contributed by atoms with van der Waals surface area (Å²) in [6.45, 7) is 7.45. The number of hydrogen-bond acceptors (Lipinski definition) is 3. The molecule has 8 bridgehead atoms. The van der Waals surface area contributed by atoms with Crippen LogP contribution in [0.2, 0.25) is 0 Å². The van der Waals surface area contributed by atoms with E-state index < -0.39 is 0 Å². The highest BCUT2D eigenvalue weighted by Gasteiger charge is 2.74. The van der Waals surface area contributed by atoms with E-state index >= 15 is 0 Å². The van der Waals surface area contributed by atoms with Gasteiger partial charge in [0.2, 0.25) is 0 Å². The van der Waals surface area contributed by atoms with Crippen molar-refractivity contribution in [3.8, 4) is 0 Å². The molecule has 44 heavy (non-hydrogen) atoms. The fourth-order valence-corrected chi connectivity index (χ4v) is 20.9. The van der Waals surface area contributed by atoms with Gasteiger partial charge in [-0.25, -0.2) is 0 Å². The molecule has 10 saturated carbocycles. The van der Waals surface area contributed by atoms with Gasteiger partial charge in [0, 0.05) is 45.5 Å². The highest BCUT2D eigenvalue weighted by Crippen LogP contribution is 2.74. The van der Waals surface area contributed by atoms with E-state index in [4.69, 9.17) is 0 Å². The lowest BCUT2D eigenvalue weighted by Crippen LogP contribution is -2.59. The molecule has 6 heteroatoms. The summed E-state index contributed by atoms with van der Waals surface area (Å²) in [7, 11) is 0. The second kappa shape index (κ2) is 9.63. The summed E-state index contributed by atoms with van der Waals surface area (Å²) in [5, 5.41) is 4.37. The molecule has 4 spiro atoms. The van der Waals surface area contributed by atoms with Gasteiger partial charge in [0.15, 0.2) is 0 Å². The molecule has 10 aliphatic rings. The van der Waals surface area contributed by atoms with Gasteiger partial charge in [0.1, 0.15) is 11.6 Å². The molecule has 10 fully saturated rings. The van der Waals surface area contributed by atoms with Crippen LogP contribution < -0.4 is 5.32 Å². The quantitative estimate of drug-likeness (QED) is 0.223. The zero-order valence-electron chi connectivity index (χ0n) is 26.9. The number of hydrogen-bond donors (Lipinski definition) is 1. The van der Waals surface area contributed by atoms with Crippen molar-refractivity contribution in [1.29, 1.82) is 0 Å². The lowest BCUT2D eigenvalue weighted by atomic mass is 9.50. The predicted octanol–water partition coefficient (Wildman–Crippen LogP) is 8.85. The van der Waals surface area contributed by atoms with Crippen molar-refractivity contribution in [3.63, 3.8) is 0 Å². The third-order valence-electron chi connectivity index (χ3n) is 18.2. The average Bonchev–Trinajstić information content (AvgIpc) is 3.88. The molecule has 3 nitrogen and oxygen atoms in total. The van der Waals surface area contributed by atoms with Gasteiger partial charge in [0.25, 0.3) is 0 Å². The van der Waals surface area contributed by atoms with E-state index in [0.29, 0.717) is 61.4 Å². The largest absolute Gasteiger partial charge is 0.309 e. The van der Waals surface area contributed by atoms with E-state index in [0.717, 1.165) is 39.2 Å². The number of ketones is 2. The molecule has 0 aliphatic heterocycles. The van der Waals surface area contributed by atoms with Crippen LogP contribution in [0, 0.1) is 86.8 Å². The van der Waals surface area contributed by atoms with Gasteiger partial charge in [-0.1, -0.05) is 95.0 Å². The molecule has 10 rings (SSSR count). The molecule has 0 saturated heterocycles. The number of carbonyl (C=O) groups is 2. The van der Waals surface area contributed by atoms with Gasteiger partial charge in [-0.2, -0.15) is 0 Å². The third kappa shape index (κ3) is 3.38. The van der Waals surface area contributed by atoms with Crippen molar-refractivity contribution in [3.05, 3.63) is 0 Å². The summed E-state index contributed by atoms with van der Waals surface area (Å²) in [5.74, 6) is 9.08. The fourth-order valence-electron chi connectivity index (χ4n) is 16.5. The van der Waals surface area contributed by atoms with E-state index in [9.17, 15) is 9.59 Å². The second-order valence-electron chi connectivity index (χ2n) is 19.0. The highest BCUT2D eigenvalue weighted by atomic mass is 127. The van der Waals surface area contributed by atoms with Crippen LogP contribution in [0.25, 0.3) is 0 Å². The Bertz CT molecular complexity index is 1310. The molecule has 19 unspecified atom stereocenters. The second-order valence-corrected chi connectivity index (χ2v) is 23.3. The summed E-state index contributed by atoms with van der Waals surface area (Å²) in [6.07, 6.45) is 16.1. The summed E-state index contributed by atoms with van der Waals surface area (Å²) in [6, 6.07) is 1.14. The monoisotopic (exact) mass is 935 g/mol. The topological polar surface area (TPSA) is 46.2 Å². The molecule has 0 aromatic heterocycles. The van der Waals surface area contributed by atoms with Gasteiger partial charge < -0.3 is 5.32 Å². The van der Waals surface area contributed by atoms with E-state index in [-0.39, 0.29) is 21.7 Å². The summed E-state index contributed by atoms with van der Waals surface area (Å²) >= 11 is 8.26. The predicted molar refractivity (Wildman–Crippen MR) is 199 cm³/mol. The van der Waals surface area contributed by atoms with Crippen molar-refractivity contribution in [2.24, 2.45) is 86.8 Å². The Morgan fingerprint density at radius 3 is 1.59 bits per heavy atom. The third-order valence-corrected chi connectivity index (χ3v) is 24.0. The zero-order chi connectivity index (χ0) is 30.3. The smallest absolute Gasteiger partial charge is 0.145 e. The molecule has 242 valence electrons. The zero-order valence-corrected chi connectivity index (χ0v) is 33.4. The molecule has 0 aromatic carbocycles. The van der Waals surface area contributed by atoms with Gasteiger partial charge in [-0.15, -0.1) is 0 Å². The Hall–Kier alpha value is 1.49. The molecule has 0 aromatic rings. The minimum Gasteiger partial charge on any atom is -0.309 e. The number of carbonyl (C=O) groups excluding carboxylic acids is 2. The van der Waals surface area contributed by atoms with E-state index in [2.05, 4.69) is 93.9 Å². The van der Waals surface area contributed by atoms with Crippen LogP contribution in [0.3, 0.4) is 0 Å². The molecule has 10 aliphatic carbocycles. The first kappa shape index (κ1) is 30.3. The van der Waals surface area contributed by atoms with Gasteiger partial charge in [-0.05, 0) is 142 Å². The lowest BCUT2D eigenvalue weighted by molar-refractivity contribution is -0.154. The maximum absolute atomic E-state index is 14.9. The Kier molecular flexibility index (Phi) is 6.64. The normalized spacial score (nSPS) is 66.2. The number of rotatable bonds is 2. The SMILES string of the molecule is CC1C(I)C2CC1C1(CCC3(CC4CC3C(I)C4NC3C4CC(C3C)C3(CCCC5(CC6CC5C(I)[C@@H]6C)C3=O)C4)C1=O)C2. The fraction of sp³-hybridized carbons (Fsp3) is 0.947. The summed E-state index contributed by atoms with van der Waals surface area (Å²) in [4.78, 5) is 29.5. The average molecular weight is 936 g/mol. The van der Waals surface area contributed by atoms with Crippen molar-refractivity contribution in [2.75, 3.05) is 0 Å². The molecule has 0 radical (unpaired) electrons. The van der Waals surface area contributed by atoms with Gasteiger partial charge >= 0.3 is 0 Å². The maximum atomic E-state index is 14.9. The number of fused-ring (bicyclic) bond motifs is 12. The van der Waals surface area contributed by atoms with E-state index in [1.54, 1.807) is 0 Å². The first-order chi connectivity index (χ1) is 21.0. The van der Waals surface area contributed by atoms with Crippen molar-refractivity contribution >= 4 is 79.3 Å². The van der Waals surface area contributed by atoms with E-state index in [1.165, 1.54) is 83.5 Å². The maximum Gasteiger partial charge on any atom is 0.145 e. The Balaban J connectivity index is 0.855. The lowest BCUT2D eigenvalue weighted by Gasteiger charge is -2.54. The van der Waals surface area contributed by atoms with Crippen LogP contribution in [0.1, 0.15) is 104 Å². The van der Waals surface area contributed by atoms with Crippen LogP contribution >= 0.6 is 67.8 Å². The molecule has 0 amide bonds. The van der Waals surface area contributed by atoms with Crippen LogP contribution in [0.5, 0.6) is 0 Å². The molecular formula is C38H52I3NO2. The first-order valence-electron chi connectivity index (χ1n) is 18.8. The standard InChI is InChI=1S/C38H52I3NO2/c1-17-20-9-26(29(17)40)36(13-20)6-4-5-35(33(36)43)15-22-11-25(35)19(3)31(22)42-32-23-12-27(30(32)41)38(16-23)8-7-37(34(38)44)14-21-10-24(37)18(2)28(21)39/h17-32,42H,4-16H2,1-3H3/t17-,18?,19?,20?,21?,22?,23?,24?,25?,26?,27?,28?,29?,30?,31?,32?,35?,36?,37?,38?/m1/s1. The molecule has 1 N–H and O–H groups in total. The number of nitrogens with one attached hydrogen (secondary N) is 1. The van der Waals surface area contributed by atoms with Crippen molar-refractivity contribution in [2.45, 2.75) is 128 Å². The number of alkyl halides is 3. The van der Waals surface area contributed by atoms with Crippen LogP contribution in [-0.2, 0) is 9.59 Å². The number of Topliss-reactive ketones (excluding diaryl/α,β-unsaturated/α-hetero) is 2. The minimum absolute atomic E-state index is 0.00153. The summed E-state index contributed by atoms with van der Waals surface area (Å²) < 4.78 is 2.07. The van der Waals surface area contributed by atoms with Gasteiger partial charge in [-0.3, -0.25) is 9.59 Å². The Morgan fingerprint density at radius 1 is 0.523 bits per heavy atom. The number of halogens is 3. The van der Waals surface area contributed by atoms with Crippen molar-refractivity contribution < 1.29 is 9.59 Å². The molecular weight excluding hydrogens is 883 g/mol. The minimum atomic E-state index is -0.00754. The van der Waals surface area contributed by atoms with Crippen LogP contribution in [-0.4, -0.2) is 35.4 Å². The molecule has 20 atom stereocenters. The molecule has 0 heterocycles. The summed E-state index contributed by atoms with van der Waals surface area (Å²) in [5.41, 5.74) is 0.0645. The van der Waals surface area contributed by atoms with E-state index in [1.807, 2.05) is 0 Å². The van der Waals surface area contributed by atoms with Gasteiger partial charge in [0.05, 0.1) is 0 Å². The Morgan fingerprint density at radius 2 is 1.00 bits per heavy atom. The van der Waals surface area contributed by atoms with Crippen LogP contribution in [0.4, 0.5) is 0 Å². The van der Waals surface area contributed by atoms with Crippen molar-refractivity contribution in [1.82, 2.24) is 5.32 Å².